The molecule has 0 fully saturated rings. The van der Waals surface area contributed by atoms with Crippen molar-refractivity contribution >= 4 is 17.8 Å². The van der Waals surface area contributed by atoms with Crippen molar-refractivity contribution < 1.29 is 27.1 Å². The number of aromatic nitrogens is 2. The van der Waals surface area contributed by atoms with E-state index in [2.05, 4.69) is 33.2 Å². The molecular formula is C24H30F4N4O2. The van der Waals surface area contributed by atoms with Crippen LogP contribution in [0.4, 0.5) is 23.4 Å². The van der Waals surface area contributed by atoms with Crippen LogP contribution < -0.4 is 10.1 Å². The first-order chi connectivity index (χ1) is 16.2. The minimum Gasteiger partial charge on any atom is -0.471 e. The van der Waals surface area contributed by atoms with Crippen LogP contribution in [0.1, 0.15) is 56.3 Å². The average molecular weight is 483 g/mol. The highest BCUT2D eigenvalue weighted by Gasteiger charge is 2.41. The number of ether oxygens (including phenoxy) is 1. The molecule has 1 N–H and O–H groups in total. The average Bonchev–Trinajstić information content (AvgIpc) is 3.21. The maximum Gasteiger partial charge on any atom is 0.340 e. The number of nitrogens with zero attached hydrogens (tertiary/aromatic N) is 3. The number of carbonyl (C=O) groups excluding carboxylic acids is 1. The van der Waals surface area contributed by atoms with E-state index in [0.717, 1.165) is 40.9 Å². The molecule has 2 aromatic heterocycles. The summed E-state index contributed by atoms with van der Waals surface area (Å²) < 4.78 is 55.3. The third-order valence-electron chi connectivity index (χ3n) is 5.21. The zero-order chi connectivity index (χ0) is 25.3. The number of anilines is 1. The lowest BCUT2D eigenvalue weighted by Crippen LogP contribution is -2.33. The van der Waals surface area contributed by atoms with E-state index >= 15 is 0 Å². The predicted molar refractivity (Wildman–Crippen MR) is 123 cm³/mol. The van der Waals surface area contributed by atoms with E-state index in [4.69, 9.17) is 4.74 Å². The minimum atomic E-state index is -4.21. The molecule has 6 nitrogen and oxygen atoms in total. The summed E-state index contributed by atoms with van der Waals surface area (Å²) in [5.74, 6) is -3.51. The Morgan fingerprint density at radius 3 is 2.44 bits per heavy atom. The molecule has 0 spiro atoms. The molecule has 2 aromatic rings. The Morgan fingerprint density at radius 2 is 1.91 bits per heavy atom. The molecule has 0 aromatic carbocycles. The van der Waals surface area contributed by atoms with Crippen molar-refractivity contribution in [2.45, 2.75) is 58.5 Å². The Balaban J connectivity index is 0.000000945. The standard InChI is InChI=1S/C21H24F4N4O.C3H6O/c1-4-5-17-15-8-9-27-19(26-3)16(15)11-29(17)13(2)14-6-7-18(28-10-14)30-12-21(24,25)20(22)23;1-2-3-4/h5-10,13,20H,4,11-12H2,1-3H3,(H,26,27);3H,2H2,1H3/b17-5-;. The molecule has 0 saturated carbocycles. The van der Waals surface area contributed by atoms with E-state index in [0.29, 0.717) is 13.0 Å². The van der Waals surface area contributed by atoms with Crippen LogP contribution >= 0.6 is 0 Å². The second-order valence-corrected chi connectivity index (χ2v) is 7.59. The molecule has 3 heterocycles. The van der Waals surface area contributed by atoms with Gasteiger partial charge < -0.3 is 19.7 Å². The van der Waals surface area contributed by atoms with Gasteiger partial charge in [0.15, 0.2) is 6.61 Å². The van der Waals surface area contributed by atoms with Crippen molar-refractivity contribution in [3.8, 4) is 5.88 Å². The Kier molecular flexibility index (Phi) is 9.83. The SMILES string of the molecule is CC/C=C1/c2ccnc(NC)c2CN1C(C)c1ccc(OCC(F)(F)C(F)F)nc1.CCC=O. The van der Waals surface area contributed by atoms with Gasteiger partial charge in [-0.25, -0.2) is 18.7 Å². The highest BCUT2D eigenvalue weighted by atomic mass is 19.3. The monoisotopic (exact) mass is 482 g/mol. The molecule has 0 bridgehead atoms. The van der Waals surface area contributed by atoms with Gasteiger partial charge in [-0.15, -0.1) is 0 Å². The number of pyridine rings is 2. The number of alkyl halides is 4. The first-order valence-electron chi connectivity index (χ1n) is 11.0. The first-order valence-corrected chi connectivity index (χ1v) is 11.0. The van der Waals surface area contributed by atoms with E-state index in [-0.39, 0.29) is 11.9 Å². The fraction of sp³-hybridized carbons (Fsp3) is 0.458. The molecule has 0 aliphatic carbocycles. The number of allylic oxidation sites excluding steroid dienone is 1. The van der Waals surface area contributed by atoms with Crippen LogP contribution in [0.25, 0.3) is 5.70 Å². The van der Waals surface area contributed by atoms with Crippen LogP contribution in [0.15, 0.2) is 36.7 Å². The summed E-state index contributed by atoms with van der Waals surface area (Å²) in [6.45, 7) is 5.14. The number of fused-ring (bicyclic) bond motifs is 1. The Bertz CT molecular complexity index is 968. The van der Waals surface area contributed by atoms with Gasteiger partial charge >= 0.3 is 12.3 Å². The zero-order valence-corrected chi connectivity index (χ0v) is 19.7. The van der Waals surface area contributed by atoms with Crippen LogP contribution in [0.3, 0.4) is 0 Å². The number of halogens is 4. The molecule has 1 aliphatic rings. The first kappa shape index (κ1) is 27.1. The van der Waals surface area contributed by atoms with E-state index in [1.54, 1.807) is 12.3 Å². The van der Waals surface area contributed by atoms with Gasteiger partial charge in [-0.05, 0) is 25.0 Å². The van der Waals surface area contributed by atoms with Crippen LogP contribution in [-0.4, -0.2) is 47.2 Å². The Labute approximate surface area is 197 Å². The molecular weight excluding hydrogens is 452 g/mol. The van der Waals surface area contributed by atoms with Crippen LogP contribution in [-0.2, 0) is 11.3 Å². The summed E-state index contributed by atoms with van der Waals surface area (Å²) in [5, 5.41) is 3.12. The van der Waals surface area contributed by atoms with E-state index in [9.17, 15) is 22.4 Å². The number of carbonyl (C=O) groups is 1. The Morgan fingerprint density at radius 1 is 1.21 bits per heavy atom. The highest BCUT2D eigenvalue weighted by molar-refractivity contribution is 5.75. The summed E-state index contributed by atoms with van der Waals surface area (Å²) in [6.07, 6.45) is 4.03. The maximum absolute atomic E-state index is 13.0. The number of nitrogens with one attached hydrogen (secondary N) is 1. The summed E-state index contributed by atoms with van der Waals surface area (Å²) in [7, 11) is 1.83. The van der Waals surface area contributed by atoms with Gasteiger partial charge in [-0.2, -0.15) is 8.78 Å². The maximum atomic E-state index is 13.0. The number of hydrogen-bond donors (Lipinski definition) is 1. The zero-order valence-electron chi connectivity index (χ0n) is 19.7. The third-order valence-corrected chi connectivity index (χ3v) is 5.21. The number of rotatable bonds is 9. The van der Waals surface area contributed by atoms with Crippen molar-refractivity contribution in [3.63, 3.8) is 0 Å². The lowest BCUT2D eigenvalue weighted by molar-refractivity contribution is -0.148. The van der Waals surface area contributed by atoms with Gasteiger partial charge in [-0.1, -0.05) is 26.0 Å². The van der Waals surface area contributed by atoms with Gasteiger partial charge in [-0.3, -0.25) is 0 Å². The third kappa shape index (κ3) is 6.45. The van der Waals surface area contributed by atoms with Crippen molar-refractivity contribution in [1.82, 2.24) is 14.9 Å². The van der Waals surface area contributed by atoms with Gasteiger partial charge in [0, 0.05) is 55.3 Å². The molecule has 34 heavy (non-hydrogen) atoms. The molecule has 1 unspecified atom stereocenters. The molecule has 0 amide bonds. The summed E-state index contributed by atoms with van der Waals surface area (Å²) in [4.78, 5) is 19.8. The smallest absolute Gasteiger partial charge is 0.340 e. The second kappa shape index (κ2) is 12.3. The second-order valence-electron chi connectivity index (χ2n) is 7.59. The van der Waals surface area contributed by atoms with Gasteiger partial charge in [0.25, 0.3) is 0 Å². The molecule has 1 aliphatic heterocycles. The number of aldehydes is 1. The van der Waals surface area contributed by atoms with Gasteiger partial charge in [0.1, 0.15) is 12.1 Å². The summed E-state index contributed by atoms with van der Waals surface area (Å²) >= 11 is 0. The predicted octanol–water partition coefficient (Wildman–Crippen LogP) is 5.72. The van der Waals surface area contributed by atoms with Crippen molar-refractivity contribution in [3.05, 3.63) is 53.4 Å². The number of hydrogen-bond acceptors (Lipinski definition) is 6. The Hall–Kier alpha value is -3.17. The fourth-order valence-electron chi connectivity index (χ4n) is 3.42. The quantitative estimate of drug-likeness (QED) is 0.364. The lowest BCUT2D eigenvalue weighted by Gasteiger charge is -2.28. The molecule has 186 valence electrons. The molecule has 10 heteroatoms. The topological polar surface area (TPSA) is 67.3 Å². The van der Waals surface area contributed by atoms with Crippen LogP contribution in [0.5, 0.6) is 5.88 Å². The van der Waals surface area contributed by atoms with E-state index < -0.39 is 19.0 Å². The fourth-order valence-corrected chi connectivity index (χ4v) is 3.42. The highest BCUT2D eigenvalue weighted by Crippen LogP contribution is 2.41. The lowest BCUT2D eigenvalue weighted by atomic mass is 10.1. The largest absolute Gasteiger partial charge is 0.471 e. The summed E-state index contributed by atoms with van der Waals surface area (Å²) in [5.41, 5.74) is 4.16. The normalized spacial score (nSPS) is 15.0. The molecule has 1 atom stereocenters. The van der Waals surface area contributed by atoms with Crippen molar-refractivity contribution in [2.24, 2.45) is 0 Å². The van der Waals surface area contributed by atoms with Gasteiger partial charge in [0.2, 0.25) is 5.88 Å². The van der Waals surface area contributed by atoms with E-state index in [1.165, 1.54) is 12.3 Å². The van der Waals surface area contributed by atoms with Crippen LogP contribution in [0.2, 0.25) is 0 Å². The van der Waals surface area contributed by atoms with Crippen molar-refractivity contribution in [1.29, 1.82) is 0 Å². The molecule has 0 saturated heterocycles. The van der Waals surface area contributed by atoms with E-state index in [1.807, 2.05) is 27.0 Å². The minimum absolute atomic E-state index is 0.0658. The van der Waals surface area contributed by atoms with Crippen LogP contribution in [0, 0.1) is 0 Å². The summed E-state index contributed by atoms with van der Waals surface area (Å²) in [6, 6.07) is 5.05. The molecule has 0 radical (unpaired) electrons. The molecule has 3 rings (SSSR count). The van der Waals surface area contributed by atoms with Crippen molar-refractivity contribution in [2.75, 3.05) is 19.0 Å². The van der Waals surface area contributed by atoms with Gasteiger partial charge in [0.05, 0.1) is 6.04 Å².